The van der Waals surface area contributed by atoms with Crippen molar-refractivity contribution in [2.45, 2.75) is 25.9 Å². The summed E-state index contributed by atoms with van der Waals surface area (Å²) < 4.78 is 15.9. The van der Waals surface area contributed by atoms with Crippen molar-refractivity contribution >= 4 is 0 Å². The van der Waals surface area contributed by atoms with E-state index >= 15 is 0 Å². The van der Waals surface area contributed by atoms with E-state index in [-0.39, 0.29) is 6.04 Å². The SMILES string of the molecule is COCCOc1ccc(CNC(C)c2nc(Cc3ccccc3)no2)cc1. The van der Waals surface area contributed by atoms with Gasteiger partial charge in [-0.3, -0.25) is 0 Å². The fourth-order valence-corrected chi connectivity index (χ4v) is 2.60. The van der Waals surface area contributed by atoms with Gasteiger partial charge >= 0.3 is 0 Å². The summed E-state index contributed by atoms with van der Waals surface area (Å²) in [5, 5.41) is 7.49. The third kappa shape index (κ3) is 5.91. The van der Waals surface area contributed by atoms with Crippen molar-refractivity contribution in [1.82, 2.24) is 15.5 Å². The molecule has 0 radical (unpaired) electrons. The van der Waals surface area contributed by atoms with Crippen LogP contribution in [0.2, 0.25) is 0 Å². The second-order valence-corrected chi connectivity index (χ2v) is 6.30. The maximum Gasteiger partial charge on any atom is 0.243 e. The van der Waals surface area contributed by atoms with E-state index in [0.717, 1.165) is 11.3 Å². The van der Waals surface area contributed by atoms with Crippen LogP contribution in [0, 0.1) is 0 Å². The molecule has 6 heteroatoms. The van der Waals surface area contributed by atoms with Crippen molar-refractivity contribution in [3.05, 3.63) is 77.4 Å². The Morgan fingerprint density at radius 3 is 2.52 bits per heavy atom. The molecule has 142 valence electrons. The van der Waals surface area contributed by atoms with E-state index in [0.29, 0.717) is 37.9 Å². The Morgan fingerprint density at radius 2 is 1.78 bits per heavy atom. The third-order valence-electron chi connectivity index (χ3n) is 4.15. The molecule has 3 aromatic rings. The molecule has 1 atom stereocenters. The Hall–Kier alpha value is -2.70. The molecule has 1 heterocycles. The van der Waals surface area contributed by atoms with Gasteiger partial charge in [-0.25, -0.2) is 0 Å². The molecule has 0 aliphatic carbocycles. The number of aromatic nitrogens is 2. The molecule has 1 N–H and O–H groups in total. The fourth-order valence-electron chi connectivity index (χ4n) is 2.60. The predicted molar refractivity (Wildman–Crippen MR) is 103 cm³/mol. The van der Waals surface area contributed by atoms with Crippen molar-refractivity contribution in [2.24, 2.45) is 0 Å². The van der Waals surface area contributed by atoms with Gasteiger partial charge in [0.05, 0.1) is 12.6 Å². The molecule has 0 aliphatic rings. The highest BCUT2D eigenvalue weighted by Gasteiger charge is 2.14. The summed E-state index contributed by atoms with van der Waals surface area (Å²) in [6.45, 7) is 3.85. The van der Waals surface area contributed by atoms with Gasteiger partial charge in [-0.1, -0.05) is 47.6 Å². The molecule has 1 unspecified atom stereocenters. The maximum absolute atomic E-state index is 5.57. The molecule has 0 saturated carbocycles. The number of hydrogen-bond acceptors (Lipinski definition) is 6. The van der Waals surface area contributed by atoms with E-state index in [9.17, 15) is 0 Å². The lowest BCUT2D eigenvalue weighted by Crippen LogP contribution is -2.18. The minimum Gasteiger partial charge on any atom is -0.491 e. The molecule has 0 aliphatic heterocycles. The zero-order valence-electron chi connectivity index (χ0n) is 15.7. The second-order valence-electron chi connectivity index (χ2n) is 6.30. The largest absolute Gasteiger partial charge is 0.491 e. The number of ether oxygens (including phenoxy) is 2. The molecule has 3 rings (SSSR count). The van der Waals surface area contributed by atoms with Crippen LogP contribution in [-0.4, -0.2) is 30.5 Å². The van der Waals surface area contributed by atoms with Crippen LogP contribution in [0.1, 0.15) is 35.8 Å². The third-order valence-corrected chi connectivity index (χ3v) is 4.15. The van der Waals surface area contributed by atoms with Crippen LogP contribution in [0.15, 0.2) is 59.1 Å². The monoisotopic (exact) mass is 367 g/mol. The Balaban J connectivity index is 1.48. The molecule has 6 nitrogen and oxygen atoms in total. The van der Waals surface area contributed by atoms with Crippen molar-refractivity contribution in [2.75, 3.05) is 20.3 Å². The van der Waals surface area contributed by atoms with E-state index in [1.54, 1.807) is 7.11 Å². The molecule has 1 aromatic heterocycles. The number of benzene rings is 2. The van der Waals surface area contributed by atoms with Crippen LogP contribution in [0.3, 0.4) is 0 Å². The molecule has 0 fully saturated rings. The average molecular weight is 367 g/mol. The minimum absolute atomic E-state index is 0.0281. The van der Waals surface area contributed by atoms with E-state index in [1.165, 1.54) is 5.56 Å². The average Bonchev–Trinajstić information content (AvgIpc) is 3.17. The molecule has 0 saturated heterocycles. The highest BCUT2D eigenvalue weighted by atomic mass is 16.5. The van der Waals surface area contributed by atoms with Crippen LogP contribution in [0.5, 0.6) is 5.75 Å². The summed E-state index contributed by atoms with van der Waals surface area (Å²) in [7, 11) is 1.66. The van der Waals surface area contributed by atoms with Gasteiger partial charge in [0.25, 0.3) is 0 Å². The van der Waals surface area contributed by atoms with Gasteiger partial charge in [0.15, 0.2) is 5.82 Å². The Morgan fingerprint density at radius 1 is 1.00 bits per heavy atom. The first kappa shape index (κ1) is 19.1. The summed E-state index contributed by atoms with van der Waals surface area (Å²) in [6, 6.07) is 18.1. The van der Waals surface area contributed by atoms with Crippen LogP contribution >= 0.6 is 0 Å². The van der Waals surface area contributed by atoms with E-state index in [1.807, 2.05) is 49.4 Å². The number of nitrogens with zero attached hydrogens (tertiary/aromatic N) is 2. The fraction of sp³-hybridized carbons (Fsp3) is 0.333. The first-order valence-corrected chi connectivity index (χ1v) is 9.05. The molecule has 0 amide bonds. The first-order valence-electron chi connectivity index (χ1n) is 9.05. The van der Waals surface area contributed by atoms with Crippen LogP contribution < -0.4 is 10.1 Å². The number of methoxy groups -OCH3 is 1. The Kier molecular flexibility index (Phi) is 6.96. The van der Waals surface area contributed by atoms with Gasteiger partial charge in [0.2, 0.25) is 5.89 Å². The van der Waals surface area contributed by atoms with Crippen molar-refractivity contribution in [3.8, 4) is 5.75 Å². The van der Waals surface area contributed by atoms with Gasteiger partial charge in [-0.2, -0.15) is 4.98 Å². The van der Waals surface area contributed by atoms with Crippen molar-refractivity contribution in [1.29, 1.82) is 0 Å². The smallest absolute Gasteiger partial charge is 0.243 e. The first-order chi connectivity index (χ1) is 13.2. The predicted octanol–water partition coefficient (Wildman–Crippen LogP) is 3.54. The summed E-state index contributed by atoms with van der Waals surface area (Å²) in [5.41, 5.74) is 2.32. The van der Waals surface area contributed by atoms with Crippen LogP contribution in [0.4, 0.5) is 0 Å². The highest BCUT2D eigenvalue weighted by Crippen LogP contribution is 2.15. The maximum atomic E-state index is 5.57. The van der Waals surface area contributed by atoms with Gasteiger partial charge in [0.1, 0.15) is 12.4 Å². The molecule has 27 heavy (non-hydrogen) atoms. The van der Waals surface area contributed by atoms with E-state index in [2.05, 4.69) is 27.6 Å². The highest BCUT2D eigenvalue weighted by molar-refractivity contribution is 5.27. The summed E-state index contributed by atoms with van der Waals surface area (Å²) in [5.74, 6) is 2.13. The topological polar surface area (TPSA) is 69.4 Å². The van der Waals surface area contributed by atoms with E-state index < -0.39 is 0 Å². The Labute approximate surface area is 159 Å². The lowest BCUT2D eigenvalue weighted by atomic mass is 10.1. The van der Waals surface area contributed by atoms with Gasteiger partial charge in [-0.15, -0.1) is 0 Å². The minimum atomic E-state index is -0.0281. The summed E-state index contributed by atoms with van der Waals surface area (Å²) >= 11 is 0. The molecule has 0 bridgehead atoms. The Bertz CT molecular complexity index is 803. The summed E-state index contributed by atoms with van der Waals surface area (Å²) in [6.07, 6.45) is 0.668. The summed E-state index contributed by atoms with van der Waals surface area (Å²) in [4.78, 5) is 4.50. The number of nitrogens with one attached hydrogen (secondary N) is 1. The zero-order valence-corrected chi connectivity index (χ0v) is 15.7. The number of rotatable bonds is 10. The van der Waals surface area contributed by atoms with Crippen molar-refractivity contribution in [3.63, 3.8) is 0 Å². The van der Waals surface area contributed by atoms with Gasteiger partial charge < -0.3 is 19.3 Å². The van der Waals surface area contributed by atoms with E-state index in [4.69, 9.17) is 14.0 Å². The quantitative estimate of drug-likeness (QED) is 0.553. The molecule has 2 aromatic carbocycles. The second kappa shape index (κ2) is 9.85. The normalized spacial score (nSPS) is 12.1. The van der Waals surface area contributed by atoms with Gasteiger partial charge in [0, 0.05) is 20.1 Å². The standard InChI is InChI=1S/C21H25N3O3/c1-16(21-23-20(24-27-21)14-17-6-4-3-5-7-17)22-15-18-8-10-19(11-9-18)26-13-12-25-2/h3-11,16,22H,12-15H2,1-2H3. The molecule has 0 spiro atoms. The van der Waals surface area contributed by atoms with Crippen LogP contribution in [0.25, 0.3) is 0 Å². The lowest BCUT2D eigenvalue weighted by Gasteiger charge is -2.10. The number of hydrogen-bond donors (Lipinski definition) is 1. The molecular formula is C21H25N3O3. The zero-order chi connectivity index (χ0) is 18.9. The molecular weight excluding hydrogens is 342 g/mol. The van der Waals surface area contributed by atoms with Crippen molar-refractivity contribution < 1.29 is 14.0 Å². The van der Waals surface area contributed by atoms with Crippen LogP contribution in [-0.2, 0) is 17.7 Å². The lowest BCUT2D eigenvalue weighted by molar-refractivity contribution is 0.146. The van der Waals surface area contributed by atoms with Gasteiger partial charge in [-0.05, 0) is 30.2 Å².